The van der Waals surface area contributed by atoms with Gasteiger partial charge in [-0.15, -0.1) is 0 Å². The van der Waals surface area contributed by atoms with Crippen molar-refractivity contribution >= 4 is 17.6 Å². The third kappa shape index (κ3) is 3.55. The zero-order chi connectivity index (χ0) is 18.0. The quantitative estimate of drug-likeness (QED) is 0.869. The minimum Gasteiger partial charge on any atom is -0.508 e. The van der Waals surface area contributed by atoms with Crippen LogP contribution in [0.1, 0.15) is 42.4 Å². The Balaban J connectivity index is 1.92. The maximum atomic E-state index is 12.5. The predicted molar refractivity (Wildman–Crippen MR) is 89.2 cm³/mol. The van der Waals surface area contributed by atoms with E-state index in [1.807, 2.05) is 13.0 Å². The lowest BCUT2D eigenvalue weighted by atomic mass is 9.99. The number of hydrogen-bond donors (Lipinski definition) is 2. The fourth-order valence-electron chi connectivity index (χ4n) is 2.82. The number of carbonyl (C=O) groups excluding carboxylic acids is 1. The molecular weight excluding hydrogens is 324 g/mol. The fraction of sp³-hybridized carbons (Fsp3) is 0.278. The van der Waals surface area contributed by atoms with Crippen LogP contribution in [0, 0.1) is 6.92 Å². The van der Waals surface area contributed by atoms with Crippen molar-refractivity contribution in [3.05, 3.63) is 53.5 Å². The molecule has 130 valence electrons. The van der Waals surface area contributed by atoms with Crippen LogP contribution < -0.4 is 0 Å². The summed E-state index contributed by atoms with van der Waals surface area (Å²) in [7, 11) is 0. The molecule has 0 aliphatic carbocycles. The second-order valence-electron chi connectivity index (χ2n) is 5.87. The molecule has 0 saturated carbocycles. The highest BCUT2D eigenvalue weighted by atomic mass is 16.4. The summed E-state index contributed by atoms with van der Waals surface area (Å²) in [5.41, 5.74) is 1.15. The Morgan fingerprint density at radius 3 is 2.64 bits per heavy atom. The van der Waals surface area contributed by atoms with E-state index in [1.54, 1.807) is 30.3 Å². The molecule has 1 atom stereocenters. The van der Waals surface area contributed by atoms with Crippen LogP contribution in [0.5, 0.6) is 5.75 Å². The Hall–Kier alpha value is -3.09. The summed E-state index contributed by atoms with van der Waals surface area (Å²) in [4.78, 5) is 23.2. The number of phenols is 1. The molecule has 1 aromatic carbocycles. The van der Waals surface area contributed by atoms with E-state index >= 15 is 0 Å². The first kappa shape index (κ1) is 16.8. The monoisotopic (exact) mass is 342 g/mol. The van der Waals surface area contributed by atoms with Crippen LogP contribution in [0.25, 0.3) is 0 Å². The van der Waals surface area contributed by atoms with Gasteiger partial charge in [0, 0.05) is 18.4 Å². The van der Waals surface area contributed by atoms with Crippen LogP contribution in [0.3, 0.4) is 0 Å². The van der Waals surface area contributed by atoms with Crippen LogP contribution in [0.2, 0.25) is 0 Å². The SMILES string of the molecule is Cc1ccc(C2=NN(C(=O)CCC(=O)O)C(c3ccccc3O)C2)o1. The molecule has 1 aliphatic heterocycles. The van der Waals surface area contributed by atoms with E-state index < -0.39 is 17.9 Å². The van der Waals surface area contributed by atoms with Gasteiger partial charge in [0.05, 0.1) is 12.5 Å². The highest BCUT2D eigenvalue weighted by Crippen LogP contribution is 2.37. The summed E-state index contributed by atoms with van der Waals surface area (Å²) < 4.78 is 5.58. The normalized spacial score (nSPS) is 16.8. The van der Waals surface area contributed by atoms with E-state index in [-0.39, 0.29) is 18.6 Å². The second-order valence-corrected chi connectivity index (χ2v) is 5.87. The van der Waals surface area contributed by atoms with Crippen molar-refractivity contribution < 1.29 is 24.2 Å². The lowest BCUT2D eigenvalue weighted by molar-refractivity contribution is -0.141. The van der Waals surface area contributed by atoms with E-state index in [0.29, 0.717) is 23.5 Å². The smallest absolute Gasteiger partial charge is 0.303 e. The number of hydrazone groups is 1. The number of carboxylic acid groups (broad SMARTS) is 1. The zero-order valence-corrected chi connectivity index (χ0v) is 13.7. The molecule has 3 rings (SSSR count). The van der Waals surface area contributed by atoms with Crippen molar-refractivity contribution in [2.45, 2.75) is 32.2 Å². The summed E-state index contributed by atoms with van der Waals surface area (Å²) >= 11 is 0. The third-order valence-corrected chi connectivity index (χ3v) is 4.04. The maximum Gasteiger partial charge on any atom is 0.303 e. The molecule has 2 heterocycles. The van der Waals surface area contributed by atoms with Gasteiger partial charge in [-0.3, -0.25) is 9.59 Å². The Bertz CT molecular complexity index is 839. The summed E-state index contributed by atoms with van der Waals surface area (Å²) in [6.45, 7) is 1.81. The molecule has 7 heteroatoms. The topological polar surface area (TPSA) is 103 Å². The van der Waals surface area contributed by atoms with E-state index in [1.165, 1.54) is 5.01 Å². The minimum absolute atomic E-state index is 0.0654. The van der Waals surface area contributed by atoms with Gasteiger partial charge in [0.15, 0.2) is 0 Å². The van der Waals surface area contributed by atoms with Gasteiger partial charge in [0.1, 0.15) is 23.0 Å². The maximum absolute atomic E-state index is 12.5. The van der Waals surface area contributed by atoms with Crippen LogP contribution in [0.15, 0.2) is 45.9 Å². The number of aryl methyl sites for hydroxylation is 1. The molecule has 1 aromatic heterocycles. The molecular formula is C18H18N2O5. The summed E-state index contributed by atoms with van der Waals surface area (Å²) in [6, 6.07) is 9.82. The largest absolute Gasteiger partial charge is 0.508 e. The molecule has 1 unspecified atom stereocenters. The number of nitrogens with zero attached hydrogens (tertiary/aromatic N) is 2. The number of para-hydroxylation sites is 1. The van der Waals surface area contributed by atoms with Crippen molar-refractivity contribution in [2.24, 2.45) is 5.10 Å². The third-order valence-electron chi connectivity index (χ3n) is 4.04. The average Bonchev–Trinajstić information content (AvgIpc) is 3.19. The Labute approximate surface area is 144 Å². The molecule has 0 saturated heterocycles. The Kier molecular flexibility index (Phi) is 4.56. The molecule has 1 aliphatic rings. The molecule has 0 bridgehead atoms. The number of aromatic hydroxyl groups is 1. The molecule has 2 aromatic rings. The van der Waals surface area contributed by atoms with Crippen LogP contribution in [-0.2, 0) is 9.59 Å². The van der Waals surface area contributed by atoms with Gasteiger partial charge in [0.25, 0.3) is 0 Å². The highest BCUT2D eigenvalue weighted by molar-refractivity contribution is 6.01. The van der Waals surface area contributed by atoms with Gasteiger partial charge >= 0.3 is 5.97 Å². The van der Waals surface area contributed by atoms with Crippen molar-refractivity contribution in [1.82, 2.24) is 5.01 Å². The lowest BCUT2D eigenvalue weighted by Gasteiger charge is -2.22. The van der Waals surface area contributed by atoms with Crippen molar-refractivity contribution in [1.29, 1.82) is 0 Å². The summed E-state index contributed by atoms with van der Waals surface area (Å²) in [5.74, 6) is -0.0963. The average molecular weight is 342 g/mol. The number of carbonyl (C=O) groups is 2. The number of aliphatic carboxylic acids is 1. The van der Waals surface area contributed by atoms with Crippen LogP contribution in [0.4, 0.5) is 0 Å². The van der Waals surface area contributed by atoms with Crippen LogP contribution >= 0.6 is 0 Å². The van der Waals surface area contributed by atoms with Gasteiger partial charge in [-0.1, -0.05) is 18.2 Å². The van der Waals surface area contributed by atoms with Crippen molar-refractivity contribution in [3.63, 3.8) is 0 Å². The highest BCUT2D eigenvalue weighted by Gasteiger charge is 2.35. The van der Waals surface area contributed by atoms with Gasteiger partial charge in [-0.05, 0) is 25.1 Å². The Morgan fingerprint density at radius 2 is 2.00 bits per heavy atom. The van der Waals surface area contributed by atoms with Gasteiger partial charge in [0.2, 0.25) is 5.91 Å². The number of rotatable bonds is 5. The number of hydrogen-bond acceptors (Lipinski definition) is 5. The van der Waals surface area contributed by atoms with Crippen LogP contribution in [-0.4, -0.2) is 32.8 Å². The summed E-state index contributed by atoms with van der Waals surface area (Å²) in [5, 5.41) is 24.6. The molecule has 0 radical (unpaired) electrons. The molecule has 0 fully saturated rings. The van der Waals surface area contributed by atoms with Gasteiger partial charge < -0.3 is 14.6 Å². The number of carboxylic acids is 1. The first-order valence-electron chi connectivity index (χ1n) is 7.91. The molecule has 1 amide bonds. The first-order valence-corrected chi connectivity index (χ1v) is 7.91. The van der Waals surface area contributed by atoms with Gasteiger partial charge in [-0.25, -0.2) is 5.01 Å². The first-order chi connectivity index (χ1) is 12.0. The standard InChI is InChI=1S/C18H18N2O5/c1-11-6-7-16(25-11)13-10-14(12-4-2-3-5-15(12)21)20(19-13)17(22)8-9-18(23)24/h2-7,14,21H,8-10H2,1H3,(H,23,24). The lowest BCUT2D eigenvalue weighted by Crippen LogP contribution is -2.27. The number of phenolic OH excluding ortho intramolecular Hbond substituents is 1. The molecule has 25 heavy (non-hydrogen) atoms. The zero-order valence-electron chi connectivity index (χ0n) is 13.7. The predicted octanol–water partition coefficient (Wildman–Crippen LogP) is 2.84. The number of benzene rings is 1. The molecule has 2 N–H and O–H groups in total. The van der Waals surface area contributed by atoms with Gasteiger partial charge in [-0.2, -0.15) is 5.10 Å². The van der Waals surface area contributed by atoms with E-state index in [0.717, 1.165) is 5.76 Å². The Morgan fingerprint density at radius 1 is 1.24 bits per heavy atom. The van der Waals surface area contributed by atoms with E-state index in [4.69, 9.17) is 9.52 Å². The minimum atomic E-state index is -1.04. The van der Waals surface area contributed by atoms with E-state index in [9.17, 15) is 14.7 Å². The second kappa shape index (κ2) is 6.80. The summed E-state index contributed by atoms with van der Waals surface area (Å²) in [6.07, 6.45) is -0.0513. The van der Waals surface area contributed by atoms with E-state index in [2.05, 4.69) is 5.10 Å². The van der Waals surface area contributed by atoms with Crippen molar-refractivity contribution in [2.75, 3.05) is 0 Å². The molecule has 7 nitrogen and oxygen atoms in total. The number of furan rings is 1. The fourth-order valence-corrected chi connectivity index (χ4v) is 2.82. The van der Waals surface area contributed by atoms with Crippen molar-refractivity contribution in [3.8, 4) is 5.75 Å². The number of amides is 1. The molecule has 0 spiro atoms.